The number of aliphatic hydroxyl groups excluding tert-OH is 1. The number of rotatable bonds is 10. The molecule has 5 nitrogen and oxygen atoms in total. The molecule has 0 aliphatic heterocycles. The van der Waals surface area contributed by atoms with Crippen molar-refractivity contribution in [1.82, 2.24) is 5.32 Å². The number of hydrogen-bond acceptors (Lipinski definition) is 5. The van der Waals surface area contributed by atoms with Crippen molar-refractivity contribution in [2.45, 2.75) is 58.7 Å². The van der Waals surface area contributed by atoms with Gasteiger partial charge in [0.25, 0.3) is 0 Å². The van der Waals surface area contributed by atoms with E-state index in [9.17, 15) is 5.11 Å². The van der Waals surface area contributed by atoms with Gasteiger partial charge in [-0.05, 0) is 38.8 Å². The second kappa shape index (κ2) is 9.66. The lowest BCUT2D eigenvalue weighted by Crippen LogP contribution is -2.28. The van der Waals surface area contributed by atoms with E-state index in [2.05, 4.69) is 49.7 Å². The van der Waals surface area contributed by atoms with Crippen LogP contribution in [0, 0.1) is 0 Å². The Labute approximate surface area is 134 Å². The number of hydrogen-bond donors (Lipinski definition) is 5. The first-order valence-electron chi connectivity index (χ1n) is 8.27. The zero-order chi connectivity index (χ0) is 16.5. The quantitative estimate of drug-likeness (QED) is 0.429. The normalized spacial score (nSPS) is 15.2. The summed E-state index contributed by atoms with van der Waals surface area (Å²) >= 11 is 0. The topological polar surface area (TPSA) is 82.3 Å². The lowest BCUT2D eigenvalue weighted by Gasteiger charge is -2.22. The summed E-state index contributed by atoms with van der Waals surface area (Å²) in [5, 5.41) is 20.3. The van der Waals surface area contributed by atoms with Crippen molar-refractivity contribution < 1.29 is 5.11 Å². The molecule has 0 radical (unpaired) electrons. The lowest BCUT2D eigenvalue weighted by molar-refractivity contribution is 0.176. The summed E-state index contributed by atoms with van der Waals surface area (Å²) in [6.07, 6.45) is 1.52. The Balaban J connectivity index is 2.98. The van der Waals surface area contributed by atoms with Gasteiger partial charge in [-0.2, -0.15) is 0 Å². The van der Waals surface area contributed by atoms with Crippen molar-refractivity contribution in [2.24, 2.45) is 5.73 Å². The molecule has 0 fully saturated rings. The molecule has 5 heteroatoms. The Hall–Kier alpha value is -1.30. The van der Waals surface area contributed by atoms with Gasteiger partial charge in [0.2, 0.25) is 0 Å². The summed E-state index contributed by atoms with van der Waals surface area (Å²) in [6, 6.07) is 6.87. The standard InChI is InChI=1S/C17H32N4O/c1-5-12(3)20-14-7-8-15(17(22)10-19-11-18)16(9-14)21-13(4)6-2/h7-9,12-13,17,19-22H,5-6,10-11,18H2,1-4H3. The molecule has 22 heavy (non-hydrogen) atoms. The van der Waals surface area contributed by atoms with Gasteiger partial charge >= 0.3 is 0 Å². The number of benzene rings is 1. The maximum atomic E-state index is 10.4. The Morgan fingerprint density at radius 1 is 1.09 bits per heavy atom. The molecule has 3 unspecified atom stereocenters. The first-order valence-corrected chi connectivity index (χ1v) is 8.27. The van der Waals surface area contributed by atoms with Crippen LogP contribution in [0.15, 0.2) is 18.2 Å². The van der Waals surface area contributed by atoms with Crippen LogP contribution in [0.3, 0.4) is 0 Å². The van der Waals surface area contributed by atoms with Gasteiger partial charge in [-0.3, -0.25) is 0 Å². The minimum Gasteiger partial charge on any atom is -0.387 e. The molecule has 1 rings (SSSR count). The summed E-state index contributed by atoms with van der Waals surface area (Å²) in [5.74, 6) is 0. The molecule has 0 aliphatic carbocycles. The molecule has 0 amide bonds. The second-order valence-electron chi connectivity index (χ2n) is 5.88. The van der Waals surface area contributed by atoms with E-state index in [0.29, 0.717) is 25.3 Å². The van der Waals surface area contributed by atoms with E-state index in [-0.39, 0.29) is 0 Å². The third-order valence-electron chi connectivity index (χ3n) is 3.93. The van der Waals surface area contributed by atoms with E-state index in [1.54, 1.807) is 0 Å². The smallest absolute Gasteiger partial charge is 0.0934 e. The van der Waals surface area contributed by atoms with Gasteiger partial charge in [0.1, 0.15) is 0 Å². The number of aliphatic hydroxyl groups is 1. The fraction of sp³-hybridized carbons (Fsp3) is 0.647. The summed E-state index contributed by atoms with van der Waals surface area (Å²) in [5.41, 5.74) is 8.39. The average Bonchev–Trinajstić information content (AvgIpc) is 2.52. The van der Waals surface area contributed by atoms with Gasteiger partial charge in [0.05, 0.1) is 6.10 Å². The molecular weight excluding hydrogens is 276 g/mol. The molecule has 6 N–H and O–H groups in total. The third-order valence-corrected chi connectivity index (χ3v) is 3.93. The van der Waals surface area contributed by atoms with Gasteiger partial charge in [0, 0.05) is 42.2 Å². The molecule has 0 saturated heterocycles. The van der Waals surface area contributed by atoms with Gasteiger partial charge in [-0.15, -0.1) is 0 Å². The third kappa shape index (κ3) is 5.83. The Morgan fingerprint density at radius 2 is 1.73 bits per heavy atom. The van der Waals surface area contributed by atoms with Gasteiger partial charge < -0.3 is 26.8 Å². The summed E-state index contributed by atoms with van der Waals surface area (Å²) in [4.78, 5) is 0. The minimum atomic E-state index is -0.576. The summed E-state index contributed by atoms with van der Waals surface area (Å²) < 4.78 is 0. The predicted octanol–water partition coefficient (Wildman–Crippen LogP) is 2.65. The maximum absolute atomic E-state index is 10.4. The van der Waals surface area contributed by atoms with Crippen LogP contribution in [-0.4, -0.2) is 30.4 Å². The molecule has 0 bridgehead atoms. The highest BCUT2D eigenvalue weighted by Crippen LogP contribution is 2.28. The van der Waals surface area contributed by atoms with E-state index < -0.39 is 6.10 Å². The molecule has 0 heterocycles. The van der Waals surface area contributed by atoms with Crippen LogP contribution in [0.4, 0.5) is 11.4 Å². The molecule has 0 saturated carbocycles. The predicted molar refractivity (Wildman–Crippen MR) is 95.2 cm³/mol. The van der Waals surface area contributed by atoms with Crippen LogP contribution in [0.1, 0.15) is 52.2 Å². The first kappa shape index (κ1) is 18.7. The molecule has 1 aromatic carbocycles. The summed E-state index contributed by atoms with van der Waals surface area (Å²) in [7, 11) is 0. The van der Waals surface area contributed by atoms with Gasteiger partial charge in [-0.25, -0.2) is 0 Å². The van der Waals surface area contributed by atoms with Crippen molar-refractivity contribution in [3.05, 3.63) is 23.8 Å². The van der Waals surface area contributed by atoms with E-state index in [0.717, 1.165) is 29.8 Å². The van der Waals surface area contributed by atoms with E-state index in [1.807, 2.05) is 12.1 Å². The maximum Gasteiger partial charge on any atom is 0.0934 e. The zero-order valence-electron chi connectivity index (χ0n) is 14.3. The zero-order valence-corrected chi connectivity index (χ0v) is 14.3. The first-order chi connectivity index (χ1) is 10.5. The van der Waals surface area contributed by atoms with E-state index in [1.165, 1.54) is 0 Å². The van der Waals surface area contributed by atoms with Gasteiger partial charge in [0.15, 0.2) is 0 Å². The highest BCUT2D eigenvalue weighted by Gasteiger charge is 2.14. The number of anilines is 2. The van der Waals surface area contributed by atoms with Crippen LogP contribution in [0.2, 0.25) is 0 Å². The Bertz CT molecular complexity index is 439. The fourth-order valence-electron chi connectivity index (χ4n) is 2.15. The molecule has 3 atom stereocenters. The molecule has 126 valence electrons. The Morgan fingerprint density at radius 3 is 2.32 bits per heavy atom. The van der Waals surface area contributed by atoms with Crippen LogP contribution in [-0.2, 0) is 0 Å². The molecule has 0 spiro atoms. The van der Waals surface area contributed by atoms with Crippen molar-refractivity contribution >= 4 is 11.4 Å². The highest BCUT2D eigenvalue weighted by molar-refractivity contribution is 5.62. The van der Waals surface area contributed by atoms with Crippen molar-refractivity contribution in [1.29, 1.82) is 0 Å². The van der Waals surface area contributed by atoms with E-state index in [4.69, 9.17) is 5.73 Å². The highest BCUT2D eigenvalue weighted by atomic mass is 16.3. The molecule has 1 aromatic rings. The summed E-state index contributed by atoms with van der Waals surface area (Å²) in [6.45, 7) is 9.42. The van der Waals surface area contributed by atoms with Crippen LogP contribution in [0.5, 0.6) is 0 Å². The van der Waals surface area contributed by atoms with Crippen molar-refractivity contribution in [2.75, 3.05) is 23.8 Å². The average molecular weight is 308 g/mol. The van der Waals surface area contributed by atoms with Crippen LogP contribution >= 0.6 is 0 Å². The van der Waals surface area contributed by atoms with Crippen LogP contribution < -0.4 is 21.7 Å². The molecular formula is C17H32N4O. The number of nitrogens with one attached hydrogen (secondary N) is 3. The fourth-order valence-corrected chi connectivity index (χ4v) is 2.15. The monoisotopic (exact) mass is 308 g/mol. The number of nitrogens with two attached hydrogens (primary N) is 1. The van der Waals surface area contributed by atoms with Crippen molar-refractivity contribution in [3.8, 4) is 0 Å². The molecule has 0 aliphatic rings. The largest absolute Gasteiger partial charge is 0.387 e. The SMILES string of the molecule is CCC(C)Nc1ccc(C(O)CNCN)c(NC(C)CC)c1. The second-order valence-corrected chi connectivity index (χ2v) is 5.88. The van der Waals surface area contributed by atoms with Crippen LogP contribution in [0.25, 0.3) is 0 Å². The lowest BCUT2D eigenvalue weighted by atomic mass is 10.0. The van der Waals surface area contributed by atoms with E-state index >= 15 is 0 Å². The van der Waals surface area contributed by atoms with Crippen molar-refractivity contribution in [3.63, 3.8) is 0 Å². The van der Waals surface area contributed by atoms with Gasteiger partial charge in [-0.1, -0.05) is 19.9 Å². The minimum absolute atomic E-state index is 0.354. The Kier molecular flexibility index (Phi) is 8.24. The molecule has 0 aromatic heterocycles.